The molecule has 6 nitrogen and oxygen atoms in total. The molecule has 1 aromatic carbocycles. The zero-order valence-electron chi connectivity index (χ0n) is 10.7. The maximum atomic E-state index is 12.0. The van der Waals surface area contributed by atoms with Gasteiger partial charge in [0, 0.05) is 18.7 Å². The second-order valence-corrected chi connectivity index (χ2v) is 4.57. The second kappa shape index (κ2) is 5.79. The number of benzene rings is 1. The van der Waals surface area contributed by atoms with Crippen molar-refractivity contribution in [2.24, 2.45) is 0 Å². The van der Waals surface area contributed by atoms with Gasteiger partial charge in [0.15, 0.2) is 0 Å². The van der Waals surface area contributed by atoms with Crippen molar-refractivity contribution in [1.82, 2.24) is 5.32 Å². The SMILES string of the molecule is Cc1cccc(C(=O)NCC2CCCO2)c1[N+](=O)[O-]. The molecule has 0 spiro atoms. The fourth-order valence-electron chi connectivity index (χ4n) is 2.19. The smallest absolute Gasteiger partial charge is 0.285 e. The van der Waals surface area contributed by atoms with Crippen LogP contribution in [0.25, 0.3) is 0 Å². The number of nitro groups is 1. The van der Waals surface area contributed by atoms with E-state index in [4.69, 9.17) is 4.74 Å². The molecular formula is C13H16N2O4. The fraction of sp³-hybridized carbons (Fsp3) is 0.462. The van der Waals surface area contributed by atoms with Crippen molar-refractivity contribution in [3.05, 3.63) is 39.4 Å². The molecule has 0 aromatic heterocycles. The van der Waals surface area contributed by atoms with E-state index in [9.17, 15) is 14.9 Å². The van der Waals surface area contributed by atoms with Crippen molar-refractivity contribution in [3.63, 3.8) is 0 Å². The lowest BCUT2D eigenvalue weighted by molar-refractivity contribution is -0.385. The van der Waals surface area contributed by atoms with E-state index < -0.39 is 10.8 Å². The molecule has 0 aliphatic carbocycles. The highest BCUT2D eigenvalue weighted by Gasteiger charge is 2.23. The van der Waals surface area contributed by atoms with Gasteiger partial charge in [0.2, 0.25) is 0 Å². The molecule has 19 heavy (non-hydrogen) atoms. The summed E-state index contributed by atoms with van der Waals surface area (Å²) in [6.45, 7) is 2.73. The van der Waals surface area contributed by atoms with Crippen LogP contribution in [0.1, 0.15) is 28.8 Å². The fourth-order valence-corrected chi connectivity index (χ4v) is 2.19. The number of amides is 1. The molecule has 102 valence electrons. The summed E-state index contributed by atoms with van der Waals surface area (Å²) in [6, 6.07) is 4.73. The normalized spacial score (nSPS) is 18.3. The minimum absolute atomic E-state index is 0.0211. The van der Waals surface area contributed by atoms with Crippen LogP contribution in [-0.4, -0.2) is 30.1 Å². The van der Waals surface area contributed by atoms with Crippen molar-refractivity contribution in [2.75, 3.05) is 13.2 Å². The Labute approximate surface area is 110 Å². The maximum absolute atomic E-state index is 12.0. The number of para-hydroxylation sites is 1. The van der Waals surface area contributed by atoms with Gasteiger partial charge in [-0.1, -0.05) is 12.1 Å². The highest BCUT2D eigenvalue weighted by molar-refractivity contribution is 5.98. The summed E-state index contributed by atoms with van der Waals surface area (Å²) in [5.41, 5.74) is 0.449. The van der Waals surface area contributed by atoms with Gasteiger partial charge >= 0.3 is 0 Å². The Morgan fingerprint density at radius 1 is 1.58 bits per heavy atom. The van der Waals surface area contributed by atoms with Crippen LogP contribution >= 0.6 is 0 Å². The minimum atomic E-state index is -0.518. The zero-order chi connectivity index (χ0) is 13.8. The number of nitro benzene ring substituents is 1. The average Bonchev–Trinajstić information content (AvgIpc) is 2.88. The van der Waals surface area contributed by atoms with Crippen molar-refractivity contribution in [3.8, 4) is 0 Å². The highest BCUT2D eigenvalue weighted by atomic mass is 16.6. The van der Waals surface area contributed by atoms with Gasteiger partial charge in [0.25, 0.3) is 11.6 Å². The third-order valence-corrected chi connectivity index (χ3v) is 3.18. The average molecular weight is 264 g/mol. The van der Waals surface area contributed by atoms with Crippen LogP contribution in [0.15, 0.2) is 18.2 Å². The molecular weight excluding hydrogens is 248 g/mol. The first-order valence-corrected chi connectivity index (χ1v) is 6.23. The van der Waals surface area contributed by atoms with Gasteiger partial charge in [-0.15, -0.1) is 0 Å². The highest BCUT2D eigenvalue weighted by Crippen LogP contribution is 2.23. The monoisotopic (exact) mass is 264 g/mol. The van der Waals surface area contributed by atoms with Crippen molar-refractivity contribution in [1.29, 1.82) is 0 Å². The molecule has 1 saturated heterocycles. The largest absolute Gasteiger partial charge is 0.376 e. The van der Waals surface area contributed by atoms with E-state index >= 15 is 0 Å². The molecule has 1 amide bonds. The molecule has 1 fully saturated rings. The number of rotatable bonds is 4. The van der Waals surface area contributed by atoms with E-state index in [-0.39, 0.29) is 17.4 Å². The van der Waals surface area contributed by atoms with Gasteiger partial charge in [-0.3, -0.25) is 14.9 Å². The van der Waals surface area contributed by atoms with E-state index in [1.54, 1.807) is 19.1 Å². The predicted octanol–water partition coefficient (Wildman–Crippen LogP) is 1.81. The summed E-state index contributed by atoms with van der Waals surface area (Å²) in [7, 11) is 0. The number of aryl methyl sites for hydroxylation is 1. The number of hydrogen-bond donors (Lipinski definition) is 1. The lowest BCUT2D eigenvalue weighted by atomic mass is 10.1. The maximum Gasteiger partial charge on any atom is 0.285 e. The Bertz CT molecular complexity index is 495. The Morgan fingerprint density at radius 3 is 3.00 bits per heavy atom. The molecule has 1 aromatic rings. The molecule has 0 bridgehead atoms. The van der Waals surface area contributed by atoms with Gasteiger partial charge in [0.1, 0.15) is 5.56 Å². The Morgan fingerprint density at radius 2 is 2.37 bits per heavy atom. The molecule has 0 saturated carbocycles. The van der Waals surface area contributed by atoms with Crippen LogP contribution in [0.2, 0.25) is 0 Å². The van der Waals surface area contributed by atoms with Crippen molar-refractivity contribution < 1.29 is 14.5 Å². The summed E-state index contributed by atoms with van der Waals surface area (Å²) in [5, 5.41) is 13.7. The first-order chi connectivity index (χ1) is 9.09. The summed E-state index contributed by atoms with van der Waals surface area (Å²) >= 11 is 0. The van der Waals surface area contributed by atoms with E-state index in [1.165, 1.54) is 6.07 Å². The number of nitrogens with zero attached hydrogens (tertiary/aromatic N) is 1. The van der Waals surface area contributed by atoms with E-state index in [1.807, 2.05) is 0 Å². The first kappa shape index (κ1) is 13.5. The molecule has 1 heterocycles. The number of ether oxygens (including phenoxy) is 1. The van der Waals surface area contributed by atoms with E-state index in [0.29, 0.717) is 18.7 Å². The molecule has 1 atom stereocenters. The molecule has 1 aliphatic rings. The van der Waals surface area contributed by atoms with Gasteiger partial charge in [-0.25, -0.2) is 0 Å². The lowest BCUT2D eigenvalue weighted by Crippen LogP contribution is -2.32. The third kappa shape index (κ3) is 3.08. The molecule has 6 heteroatoms. The summed E-state index contributed by atoms with van der Waals surface area (Å²) < 4.78 is 5.39. The van der Waals surface area contributed by atoms with Crippen molar-refractivity contribution in [2.45, 2.75) is 25.9 Å². The molecule has 1 unspecified atom stereocenters. The Balaban J connectivity index is 2.10. The van der Waals surface area contributed by atoms with Crippen LogP contribution < -0.4 is 5.32 Å². The molecule has 0 radical (unpaired) electrons. The Hall–Kier alpha value is -1.95. The number of hydrogen-bond acceptors (Lipinski definition) is 4. The summed E-state index contributed by atoms with van der Waals surface area (Å²) in [5.74, 6) is -0.425. The van der Waals surface area contributed by atoms with Gasteiger partial charge in [-0.05, 0) is 25.8 Å². The van der Waals surface area contributed by atoms with E-state index in [2.05, 4.69) is 5.32 Å². The van der Waals surface area contributed by atoms with Gasteiger partial charge < -0.3 is 10.1 Å². The number of carbonyl (C=O) groups is 1. The van der Waals surface area contributed by atoms with Crippen molar-refractivity contribution >= 4 is 11.6 Å². The van der Waals surface area contributed by atoms with E-state index in [0.717, 1.165) is 12.8 Å². The quantitative estimate of drug-likeness (QED) is 0.664. The third-order valence-electron chi connectivity index (χ3n) is 3.18. The van der Waals surface area contributed by atoms with Gasteiger partial charge in [0.05, 0.1) is 11.0 Å². The zero-order valence-corrected chi connectivity index (χ0v) is 10.7. The summed E-state index contributed by atoms with van der Waals surface area (Å²) in [6.07, 6.45) is 1.93. The first-order valence-electron chi connectivity index (χ1n) is 6.23. The standard InChI is InChI=1S/C13H16N2O4/c1-9-4-2-6-11(12(9)15(17)18)13(16)14-8-10-5-3-7-19-10/h2,4,6,10H,3,5,7-8H2,1H3,(H,14,16). The van der Waals surface area contributed by atoms with Crippen LogP contribution in [-0.2, 0) is 4.74 Å². The molecule has 1 aliphatic heterocycles. The topological polar surface area (TPSA) is 81.5 Å². The second-order valence-electron chi connectivity index (χ2n) is 4.57. The van der Waals surface area contributed by atoms with Crippen LogP contribution in [0.3, 0.4) is 0 Å². The van der Waals surface area contributed by atoms with Crippen LogP contribution in [0, 0.1) is 17.0 Å². The van der Waals surface area contributed by atoms with Crippen LogP contribution in [0.5, 0.6) is 0 Å². The van der Waals surface area contributed by atoms with Gasteiger partial charge in [-0.2, -0.15) is 0 Å². The molecule has 2 rings (SSSR count). The molecule has 1 N–H and O–H groups in total. The number of nitrogens with one attached hydrogen (secondary N) is 1. The Kier molecular flexibility index (Phi) is 4.11. The summed E-state index contributed by atoms with van der Waals surface area (Å²) in [4.78, 5) is 22.5. The number of carbonyl (C=O) groups excluding carboxylic acids is 1. The lowest BCUT2D eigenvalue weighted by Gasteiger charge is -2.11. The predicted molar refractivity (Wildman–Crippen MR) is 69.1 cm³/mol. The minimum Gasteiger partial charge on any atom is -0.376 e. The van der Waals surface area contributed by atoms with Crippen LogP contribution in [0.4, 0.5) is 5.69 Å².